The van der Waals surface area contributed by atoms with Crippen LogP contribution in [-0.2, 0) is 18.4 Å². The van der Waals surface area contributed by atoms with Gasteiger partial charge in [0.2, 0.25) is 0 Å². The van der Waals surface area contributed by atoms with Crippen LogP contribution in [0.15, 0.2) is 41.3 Å². The lowest BCUT2D eigenvalue weighted by molar-refractivity contribution is -0.384. The van der Waals surface area contributed by atoms with Crippen molar-refractivity contribution in [3.63, 3.8) is 0 Å². The molecule has 1 aromatic heterocycles. The van der Waals surface area contributed by atoms with Crippen LogP contribution in [0.5, 0.6) is 0 Å². The minimum Gasteiger partial charge on any atom is -0.348 e. The van der Waals surface area contributed by atoms with Crippen LogP contribution >= 0.6 is 11.8 Å². The average Bonchev–Trinajstić information content (AvgIpc) is 3.03. The lowest BCUT2D eigenvalue weighted by Gasteiger charge is -2.12. The van der Waals surface area contributed by atoms with Gasteiger partial charge in [-0.25, -0.2) is 0 Å². The maximum Gasteiger partial charge on any atom is 0.293 e. The highest BCUT2D eigenvalue weighted by Crippen LogP contribution is 2.33. The van der Waals surface area contributed by atoms with Gasteiger partial charge in [-0.1, -0.05) is 12.1 Å². The first kappa shape index (κ1) is 17.0. The summed E-state index contributed by atoms with van der Waals surface area (Å²) in [5, 5.41) is 10.3. The standard InChI is InChI=1S/C17H15N3O4S/c1-11-3-6-14(18(11)2)9-15-16(21)19(17(22)25-15)10-12-4-7-13(8-5-12)20(23)24/h3-9H,10H2,1-2H3/b15-9-. The van der Waals surface area contributed by atoms with E-state index in [1.807, 2.05) is 30.7 Å². The summed E-state index contributed by atoms with van der Waals surface area (Å²) in [7, 11) is 1.89. The van der Waals surface area contributed by atoms with Crippen LogP contribution in [0.4, 0.5) is 10.5 Å². The second-order valence-corrected chi connectivity index (χ2v) is 6.64. The Balaban J connectivity index is 1.79. The predicted molar refractivity (Wildman–Crippen MR) is 94.8 cm³/mol. The minimum atomic E-state index is -0.492. The normalized spacial score (nSPS) is 16.1. The van der Waals surface area contributed by atoms with Gasteiger partial charge in [-0.2, -0.15) is 0 Å². The molecule has 0 atom stereocenters. The third-order valence-corrected chi connectivity index (χ3v) is 4.96. The van der Waals surface area contributed by atoms with E-state index >= 15 is 0 Å². The van der Waals surface area contributed by atoms with Crippen molar-refractivity contribution in [3.05, 3.63) is 68.4 Å². The van der Waals surface area contributed by atoms with Crippen LogP contribution in [0.2, 0.25) is 0 Å². The fourth-order valence-electron chi connectivity index (χ4n) is 2.45. The van der Waals surface area contributed by atoms with Crippen molar-refractivity contribution >= 4 is 34.7 Å². The summed E-state index contributed by atoms with van der Waals surface area (Å²) in [4.78, 5) is 36.4. The number of carbonyl (C=O) groups is 2. The molecule has 1 aliphatic rings. The molecule has 1 saturated heterocycles. The number of thioether (sulfide) groups is 1. The van der Waals surface area contributed by atoms with Gasteiger partial charge in [-0.3, -0.25) is 24.6 Å². The molecule has 2 heterocycles. The van der Waals surface area contributed by atoms with Gasteiger partial charge in [0.25, 0.3) is 16.8 Å². The first-order chi connectivity index (χ1) is 11.9. The molecule has 1 fully saturated rings. The topological polar surface area (TPSA) is 85.5 Å². The number of rotatable bonds is 4. The fourth-order valence-corrected chi connectivity index (χ4v) is 3.28. The Morgan fingerprint density at radius 1 is 1.16 bits per heavy atom. The summed E-state index contributed by atoms with van der Waals surface area (Å²) in [6.07, 6.45) is 1.70. The van der Waals surface area contributed by atoms with Gasteiger partial charge in [0.15, 0.2) is 0 Å². The van der Waals surface area contributed by atoms with Gasteiger partial charge in [0.1, 0.15) is 0 Å². The largest absolute Gasteiger partial charge is 0.348 e. The number of carbonyl (C=O) groups excluding carboxylic acids is 2. The second-order valence-electron chi connectivity index (χ2n) is 5.65. The van der Waals surface area contributed by atoms with E-state index in [0.717, 1.165) is 28.0 Å². The monoisotopic (exact) mass is 357 g/mol. The molecule has 128 valence electrons. The molecule has 0 saturated carbocycles. The second kappa shape index (κ2) is 6.56. The number of hydrogen-bond donors (Lipinski definition) is 0. The summed E-state index contributed by atoms with van der Waals surface area (Å²) in [5.74, 6) is -0.354. The molecular formula is C17H15N3O4S. The van der Waals surface area contributed by atoms with Gasteiger partial charge < -0.3 is 4.57 Å². The van der Waals surface area contributed by atoms with Crippen LogP contribution in [0.25, 0.3) is 6.08 Å². The molecule has 7 nitrogen and oxygen atoms in total. The molecule has 0 bridgehead atoms. The first-order valence-corrected chi connectivity index (χ1v) is 8.29. The van der Waals surface area contributed by atoms with Gasteiger partial charge in [0, 0.05) is 30.6 Å². The number of aromatic nitrogens is 1. The highest BCUT2D eigenvalue weighted by atomic mass is 32.2. The number of benzene rings is 1. The van der Waals surface area contributed by atoms with Crippen molar-refractivity contribution in [2.45, 2.75) is 13.5 Å². The number of hydrogen-bond acceptors (Lipinski definition) is 5. The molecule has 1 aromatic carbocycles. The van der Waals surface area contributed by atoms with Crippen molar-refractivity contribution in [2.24, 2.45) is 7.05 Å². The fraction of sp³-hybridized carbons (Fsp3) is 0.176. The molecule has 0 unspecified atom stereocenters. The van der Waals surface area contributed by atoms with Crippen LogP contribution in [0, 0.1) is 17.0 Å². The molecule has 2 aromatic rings. The maximum absolute atomic E-state index is 12.5. The lowest BCUT2D eigenvalue weighted by atomic mass is 10.2. The molecular weight excluding hydrogens is 342 g/mol. The van der Waals surface area contributed by atoms with E-state index in [0.29, 0.717) is 10.5 Å². The van der Waals surface area contributed by atoms with Crippen LogP contribution in [0.1, 0.15) is 17.0 Å². The van der Waals surface area contributed by atoms with Crippen molar-refractivity contribution in [3.8, 4) is 0 Å². The zero-order valence-electron chi connectivity index (χ0n) is 13.6. The van der Waals surface area contributed by atoms with Crippen LogP contribution in [-0.4, -0.2) is 25.5 Å². The Morgan fingerprint density at radius 3 is 2.40 bits per heavy atom. The lowest BCUT2D eigenvalue weighted by Crippen LogP contribution is -2.27. The third-order valence-electron chi connectivity index (χ3n) is 4.05. The number of nitrogens with zero attached hydrogens (tertiary/aromatic N) is 3. The van der Waals surface area contributed by atoms with E-state index in [-0.39, 0.29) is 23.4 Å². The highest BCUT2D eigenvalue weighted by molar-refractivity contribution is 8.18. The summed E-state index contributed by atoms with van der Waals surface area (Å²) >= 11 is 0.899. The molecule has 0 radical (unpaired) electrons. The van der Waals surface area contributed by atoms with E-state index in [1.165, 1.54) is 12.1 Å². The molecule has 1 aliphatic heterocycles. The zero-order valence-corrected chi connectivity index (χ0v) is 14.4. The van der Waals surface area contributed by atoms with Crippen molar-refractivity contribution in [2.75, 3.05) is 0 Å². The summed E-state index contributed by atoms with van der Waals surface area (Å²) < 4.78 is 1.93. The smallest absolute Gasteiger partial charge is 0.293 e. The van der Waals surface area contributed by atoms with Crippen molar-refractivity contribution in [1.82, 2.24) is 9.47 Å². The quantitative estimate of drug-likeness (QED) is 0.475. The van der Waals surface area contributed by atoms with Crippen LogP contribution < -0.4 is 0 Å². The SMILES string of the molecule is Cc1ccc(/C=C2\SC(=O)N(Cc3ccc([N+](=O)[O-])cc3)C2=O)n1C. The Bertz CT molecular complexity index is 899. The van der Waals surface area contributed by atoms with E-state index in [2.05, 4.69) is 0 Å². The van der Waals surface area contributed by atoms with Gasteiger partial charge in [0.05, 0.1) is 16.4 Å². The Morgan fingerprint density at radius 2 is 1.84 bits per heavy atom. The van der Waals surface area contributed by atoms with Crippen LogP contribution in [0.3, 0.4) is 0 Å². The van der Waals surface area contributed by atoms with Gasteiger partial charge >= 0.3 is 0 Å². The van der Waals surface area contributed by atoms with E-state index in [1.54, 1.807) is 18.2 Å². The molecule has 8 heteroatoms. The molecule has 0 aliphatic carbocycles. The summed E-state index contributed by atoms with van der Waals surface area (Å²) in [6, 6.07) is 9.64. The Kier molecular flexibility index (Phi) is 4.45. The zero-order chi connectivity index (χ0) is 18.1. The number of non-ortho nitro benzene ring substituents is 1. The molecule has 25 heavy (non-hydrogen) atoms. The van der Waals surface area contributed by atoms with E-state index < -0.39 is 4.92 Å². The molecule has 0 spiro atoms. The Hall–Kier alpha value is -2.87. The number of amides is 2. The van der Waals surface area contributed by atoms with Gasteiger partial charge in [-0.05, 0) is 42.5 Å². The number of nitro groups is 1. The Labute approximate surface area is 148 Å². The van der Waals surface area contributed by atoms with Crippen molar-refractivity contribution in [1.29, 1.82) is 0 Å². The average molecular weight is 357 g/mol. The highest BCUT2D eigenvalue weighted by Gasteiger charge is 2.35. The molecule has 0 N–H and O–H groups in total. The number of imide groups is 1. The van der Waals surface area contributed by atoms with E-state index in [9.17, 15) is 19.7 Å². The third kappa shape index (κ3) is 3.34. The number of nitro benzene ring substituents is 1. The summed E-state index contributed by atoms with van der Waals surface area (Å²) in [5.41, 5.74) is 2.52. The first-order valence-electron chi connectivity index (χ1n) is 7.48. The van der Waals surface area contributed by atoms with E-state index in [4.69, 9.17) is 0 Å². The van der Waals surface area contributed by atoms with Crippen molar-refractivity contribution < 1.29 is 14.5 Å². The number of aryl methyl sites for hydroxylation is 1. The summed E-state index contributed by atoms with van der Waals surface area (Å²) in [6.45, 7) is 2.05. The van der Waals surface area contributed by atoms with Gasteiger partial charge in [-0.15, -0.1) is 0 Å². The maximum atomic E-state index is 12.5. The minimum absolute atomic E-state index is 0.0307. The molecule has 2 amide bonds. The molecule has 3 rings (SSSR count). The predicted octanol–water partition coefficient (Wildman–Crippen LogP) is 3.48.